The van der Waals surface area contributed by atoms with Crippen LogP contribution in [0.2, 0.25) is 0 Å². The Balaban J connectivity index is 2.04. The summed E-state index contributed by atoms with van der Waals surface area (Å²) in [5.41, 5.74) is 10.4. The fraction of sp³-hybridized carbons (Fsp3) is 0.316. The number of nitrogens with two attached hydrogens (primary N) is 1. The monoisotopic (exact) mass is 311 g/mol. The lowest BCUT2D eigenvalue weighted by atomic mass is 10.0. The van der Waals surface area contributed by atoms with Gasteiger partial charge in [0.15, 0.2) is 5.96 Å². The first-order valence-corrected chi connectivity index (χ1v) is 7.80. The average Bonchev–Trinajstić information content (AvgIpc) is 2.54. The van der Waals surface area contributed by atoms with E-state index in [9.17, 15) is 0 Å². The van der Waals surface area contributed by atoms with Crippen LogP contribution in [-0.2, 0) is 6.54 Å². The third-order valence-electron chi connectivity index (χ3n) is 3.73. The van der Waals surface area contributed by atoms with Crippen LogP contribution in [0.15, 0.2) is 47.5 Å². The highest BCUT2D eigenvalue weighted by Gasteiger charge is 2.02. The minimum absolute atomic E-state index is 0.408. The molecule has 0 saturated carbocycles. The Kier molecular flexibility index (Phi) is 5.63. The minimum Gasteiger partial charge on any atom is -0.496 e. The molecule has 2 aromatic carbocycles. The predicted molar refractivity (Wildman–Crippen MR) is 97.2 cm³/mol. The van der Waals surface area contributed by atoms with E-state index in [1.54, 1.807) is 7.11 Å². The molecular weight excluding hydrogens is 286 g/mol. The number of aryl methyl sites for hydroxylation is 1. The van der Waals surface area contributed by atoms with Crippen LogP contribution in [0.3, 0.4) is 0 Å². The molecule has 4 heteroatoms. The van der Waals surface area contributed by atoms with Crippen molar-refractivity contribution in [3.8, 4) is 5.75 Å². The van der Waals surface area contributed by atoms with Crippen LogP contribution >= 0.6 is 0 Å². The van der Waals surface area contributed by atoms with Gasteiger partial charge in [-0.05, 0) is 47.7 Å². The summed E-state index contributed by atoms with van der Waals surface area (Å²) in [7, 11) is 1.67. The number of hydrogen-bond acceptors (Lipinski definition) is 2. The largest absolute Gasteiger partial charge is 0.496 e. The van der Waals surface area contributed by atoms with Gasteiger partial charge in [0, 0.05) is 5.69 Å². The number of nitrogens with zero attached hydrogens (tertiary/aromatic N) is 1. The Labute approximate surface area is 138 Å². The lowest BCUT2D eigenvalue weighted by Gasteiger charge is -2.10. The molecule has 2 aromatic rings. The van der Waals surface area contributed by atoms with Crippen molar-refractivity contribution in [2.45, 2.75) is 33.2 Å². The van der Waals surface area contributed by atoms with Gasteiger partial charge < -0.3 is 15.8 Å². The smallest absolute Gasteiger partial charge is 0.193 e. The highest BCUT2D eigenvalue weighted by atomic mass is 16.5. The SMILES string of the molecule is COc1cc(CN=C(N)Nc2cccc(C(C)C)c2)ccc1C. The molecule has 23 heavy (non-hydrogen) atoms. The van der Waals surface area contributed by atoms with Gasteiger partial charge >= 0.3 is 0 Å². The first kappa shape index (κ1) is 16.9. The quantitative estimate of drug-likeness (QED) is 0.647. The summed E-state index contributed by atoms with van der Waals surface area (Å²) in [6, 6.07) is 14.3. The van der Waals surface area contributed by atoms with Crippen LogP contribution in [0.5, 0.6) is 5.75 Å². The number of aliphatic imine (C=N–C) groups is 1. The first-order valence-electron chi connectivity index (χ1n) is 7.80. The first-order chi connectivity index (χ1) is 11.0. The third kappa shape index (κ3) is 4.74. The van der Waals surface area contributed by atoms with Gasteiger partial charge in [0.1, 0.15) is 5.75 Å². The van der Waals surface area contributed by atoms with Crippen molar-refractivity contribution in [3.05, 3.63) is 59.2 Å². The van der Waals surface area contributed by atoms with Crippen molar-refractivity contribution in [1.82, 2.24) is 0 Å². The van der Waals surface area contributed by atoms with Crippen molar-refractivity contribution < 1.29 is 4.74 Å². The van der Waals surface area contributed by atoms with Gasteiger partial charge in [-0.25, -0.2) is 4.99 Å². The number of benzene rings is 2. The molecule has 0 aliphatic heterocycles. The second kappa shape index (κ2) is 7.68. The molecule has 0 aliphatic carbocycles. The summed E-state index contributed by atoms with van der Waals surface area (Å²) >= 11 is 0. The van der Waals surface area contributed by atoms with Crippen molar-refractivity contribution >= 4 is 11.6 Å². The normalized spacial score (nSPS) is 11.6. The third-order valence-corrected chi connectivity index (χ3v) is 3.73. The molecule has 0 bridgehead atoms. The van der Waals surface area contributed by atoms with Crippen molar-refractivity contribution in [2.75, 3.05) is 12.4 Å². The Morgan fingerprint density at radius 3 is 2.70 bits per heavy atom. The van der Waals surface area contributed by atoms with Gasteiger partial charge in [0.2, 0.25) is 0 Å². The zero-order valence-electron chi connectivity index (χ0n) is 14.3. The summed E-state index contributed by atoms with van der Waals surface area (Å²) in [6.07, 6.45) is 0. The number of hydrogen-bond donors (Lipinski definition) is 2. The number of anilines is 1. The van der Waals surface area contributed by atoms with Gasteiger partial charge in [-0.1, -0.05) is 38.1 Å². The topological polar surface area (TPSA) is 59.6 Å². The van der Waals surface area contributed by atoms with E-state index >= 15 is 0 Å². The number of methoxy groups -OCH3 is 1. The van der Waals surface area contributed by atoms with E-state index in [-0.39, 0.29) is 0 Å². The maximum Gasteiger partial charge on any atom is 0.193 e. The molecular formula is C19H25N3O. The predicted octanol–water partition coefficient (Wildman–Crippen LogP) is 4.05. The van der Waals surface area contributed by atoms with E-state index in [0.29, 0.717) is 18.4 Å². The van der Waals surface area contributed by atoms with Crippen LogP contribution in [0, 0.1) is 6.92 Å². The van der Waals surface area contributed by atoms with E-state index in [1.807, 2.05) is 37.3 Å². The Morgan fingerprint density at radius 2 is 2.00 bits per heavy atom. The summed E-state index contributed by atoms with van der Waals surface area (Å²) in [6.45, 7) is 6.87. The standard InChI is InChI=1S/C19H25N3O/c1-13(2)16-6-5-7-17(11-16)22-19(20)21-12-15-9-8-14(3)18(10-15)23-4/h5-11,13H,12H2,1-4H3,(H3,20,21,22). The van der Waals surface area contributed by atoms with Crippen molar-refractivity contribution in [1.29, 1.82) is 0 Å². The minimum atomic E-state index is 0.408. The molecule has 0 radical (unpaired) electrons. The fourth-order valence-electron chi connectivity index (χ4n) is 2.30. The van der Waals surface area contributed by atoms with Gasteiger partial charge in [0.05, 0.1) is 13.7 Å². The number of nitrogens with one attached hydrogen (secondary N) is 1. The molecule has 0 amide bonds. The zero-order chi connectivity index (χ0) is 16.8. The molecule has 0 saturated heterocycles. The van der Waals surface area contributed by atoms with Gasteiger partial charge in [0.25, 0.3) is 0 Å². The number of rotatable bonds is 5. The van der Waals surface area contributed by atoms with Gasteiger partial charge in [-0.2, -0.15) is 0 Å². The van der Waals surface area contributed by atoms with Crippen LogP contribution in [-0.4, -0.2) is 13.1 Å². The van der Waals surface area contributed by atoms with Crippen LogP contribution in [0.4, 0.5) is 5.69 Å². The van der Waals surface area contributed by atoms with Gasteiger partial charge in [-0.15, -0.1) is 0 Å². The second-order valence-corrected chi connectivity index (χ2v) is 5.91. The van der Waals surface area contributed by atoms with E-state index < -0.39 is 0 Å². The van der Waals surface area contributed by atoms with E-state index in [1.165, 1.54) is 5.56 Å². The van der Waals surface area contributed by atoms with Crippen LogP contribution < -0.4 is 15.8 Å². The summed E-state index contributed by atoms with van der Waals surface area (Å²) in [5, 5.41) is 3.14. The molecule has 0 aliphatic rings. The second-order valence-electron chi connectivity index (χ2n) is 5.91. The lowest BCUT2D eigenvalue weighted by molar-refractivity contribution is 0.411. The highest BCUT2D eigenvalue weighted by Crippen LogP contribution is 2.20. The maximum absolute atomic E-state index is 5.99. The van der Waals surface area contributed by atoms with E-state index in [2.05, 4.69) is 36.3 Å². The van der Waals surface area contributed by atoms with Crippen molar-refractivity contribution in [3.63, 3.8) is 0 Å². The Hall–Kier alpha value is -2.49. The Bertz CT molecular complexity index is 693. The van der Waals surface area contributed by atoms with Crippen molar-refractivity contribution in [2.24, 2.45) is 10.7 Å². The van der Waals surface area contributed by atoms with Crippen LogP contribution in [0.25, 0.3) is 0 Å². The molecule has 0 heterocycles. The molecule has 0 unspecified atom stereocenters. The van der Waals surface area contributed by atoms with E-state index in [0.717, 1.165) is 22.6 Å². The fourth-order valence-corrected chi connectivity index (χ4v) is 2.30. The molecule has 2 rings (SSSR count). The van der Waals surface area contributed by atoms with Crippen LogP contribution in [0.1, 0.15) is 36.5 Å². The molecule has 0 atom stereocenters. The summed E-state index contributed by atoms with van der Waals surface area (Å²) in [5.74, 6) is 1.76. The molecule has 4 nitrogen and oxygen atoms in total. The molecule has 3 N–H and O–H groups in total. The summed E-state index contributed by atoms with van der Waals surface area (Å²) < 4.78 is 5.33. The molecule has 0 spiro atoms. The zero-order valence-corrected chi connectivity index (χ0v) is 14.3. The number of guanidine groups is 1. The molecule has 0 aromatic heterocycles. The highest BCUT2D eigenvalue weighted by molar-refractivity contribution is 5.92. The molecule has 122 valence electrons. The Morgan fingerprint density at radius 1 is 1.22 bits per heavy atom. The summed E-state index contributed by atoms with van der Waals surface area (Å²) in [4.78, 5) is 4.40. The lowest BCUT2D eigenvalue weighted by Crippen LogP contribution is -2.22. The molecule has 0 fully saturated rings. The van der Waals surface area contributed by atoms with Gasteiger partial charge in [-0.3, -0.25) is 0 Å². The number of ether oxygens (including phenoxy) is 1. The maximum atomic E-state index is 5.99. The average molecular weight is 311 g/mol. The van der Waals surface area contributed by atoms with E-state index in [4.69, 9.17) is 10.5 Å².